The van der Waals surface area contributed by atoms with Gasteiger partial charge in [-0.15, -0.1) is 0 Å². The van der Waals surface area contributed by atoms with Crippen molar-refractivity contribution < 1.29 is 18.3 Å². The lowest BCUT2D eigenvalue weighted by atomic mass is 9.87. The van der Waals surface area contributed by atoms with Gasteiger partial charge in [0.05, 0.1) is 24.3 Å². The first-order valence-corrected chi connectivity index (χ1v) is 11.9. The summed E-state index contributed by atoms with van der Waals surface area (Å²) in [5, 5.41) is 15.4. The van der Waals surface area contributed by atoms with Crippen LogP contribution in [-0.4, -0.2) is 31.2 Å². The van der Waals surface area contributed by atoms with E-state index in [9.17, 15) is 18.8 Å². The van der Waals surface area contributed by atoms with E-state index in [1.165, 1.54) is 18.2 Å². The second kappa shape index (κ2) is 11.9. The average Bonchev–Trinajstić information content (AvgIpc) is 2.88. The van der Waals surface area contributed by atoms with Gasteiger partial charge in [0.25, 0.3) is 0 Å². The molecule has 1 fully saturated rings. The van der Waals surface area contributed by atoms with E-state index in [1.54, 1.807) is 42.5 Å². The predicted molar refractivity (Wildman–Crippen MR) is 134 cm³/mol. The maximum absolute atomic E-state index is 14.7. The molecule has 0 aliphatic carbocycles. The summed E-state index contributed by atoms with van der Waals surface area (Å²) in [5.41, 5.74) is 2.82. The van der Waals surface area contributed by atoms with Crippen LogP contribution in [0.25, 0.3) is 0 Å². The van der Waals surface area contributed by atoms with Gasteiger partial charge in [-0.25, -0.2) is 8.78 Å². The predicted octanol–water partition coefficient (Wildman–Crippen LogP) is 5.12. The van der Waals surface area contributed by atoms with Gasteiger partial charge < -0.3 is 15.4 Å². The van der Waals surface area contributed by atoms with Crippen molar-refractivity contribution in [2.45, 2.75) is 37.3 Å². The van der Waals surface area contributed by atoms with E-state index in [2.05, 4.69) is 23.6 Å². The molecule has 1 heterocycles. The van der Waals surface area contributed by atoms with Crippen LogP contribution in [0, 0.1) is 29.9 Å². The Kier molecular flexibility index (Phi) is 8.42. The van der Waals surface area contributed by atoms with Crippen LogP contribution in [0.2, 0.25) is 0 Å². The van der Waals surface area contributed by atoms with Crippen molar-refractivity contribution in [3.05, 3.63) is 108 Å². The number of nitrogens with one attached hydrogen (secondary N) is 2. The van der Waals surface area contributed by atoms with Crippen LogP contribution < -0.4 is 10.6 Å². The third kappa shape index (κ3) is 6.54. The Bertz CT molecular complexity index is 1230. The molecule has 1 aliphatic heterocycles. The summed E-state index contributed by atoms with van der Waals surface area (Å²) in [6, 6.07) is 19.8. The SMILES string of the molecule is [CH2][C@H]1CO[C@H](CCc2c(F)cccc2NC(=O)C[C@@H](c2ccc(F)cc2)c2cccc(C#N)c2)CN1. The molecule has 4 rings (SSSR count). The standard InChI is InChI=1S/C29H28F2N3O2/c1-19-18-36-24(17-33-19)12-13-25-27(31)6-3-7-28(25)34-29(35)15-26(21-8-10-23(30)11-9-21)22-5-2-4-20(14-22)16-32/h2-11,14,19,24,26,33H,1,12-13,15,17-18H2,(H,34,35)/t19-,24+,26-/m0/s1. The Balaban J connectivity index is 1.51. The maximum Gasteiger partial charge on any atom is 0.225 e. The number of ether oxygens (including phenoxy) is 1. The fourth-order valence-electron chi connectivity index (χ4n) is 4.42. The molecule has 0 unspecified atom stereocenters. The molecule has 3 aromatic rings. The molecule has 36 heavy (non-hydrogen) atoms. The number of anilines is 1. The fourth-order valence-corrected chi connectivity index (χ4v) is 4.42. The Labute approximate surface area is 210 Å². The van der Waals surface area contributed by atoms with Crippen molar-refractivity contribution in [3.63, 3.8) is 0 Å². The number of nitriles is 1. The largest absolute Gasteiger partial charge is 0.375 e. The van der Waals surface area contributed by atoms with E-state index in [4.69, 9.17) is 4.74 Å². The average molecular weight is 489 g/mol. The number of carbonyl (C=O) groups excluding carboxylic acids is 1. The molecule has 1 amide bonds. The molecule has 1 aliphatic rings. The maximum atomic E-state index is 14.7. The van der Waals surface area contributed by atoms with Crippen molar-refractivity contribution in [2.75, 3.05) is 18.5 Å². The highest BCUT2D eigenvalue weighted by atomic mass is 19.1. The number of carbonyl (C=O) groups is 1. The quantitative estimate of drug-likeness (QED) is 0.462. The van der Waals surface area contributed by atoms with Crippen molar-refractivity contribution in [1.29, 1.82) is 5.26 Å². The molecule has 3 atom stereocenters. The molecule has 3 aromatic carbocycles. The first-order chi connectivity index (χ1) is 17.4. The number of morpholine rings is 1. The molecule has 7 heteroatoms. The second-order valence-corrected chi connectivity index (χ2v) is 8.96. The lowest BCUT2D eigenvalue weighted by molar-refractivity contribution is -0.116. The van der Waals surface area contributed by atoms with E-state index >= 15 is 0 Å². The topological polar surface area (TPSA) is 74.1 Å². The zero-order chi connectivity index (χ0) is 25.5. The Morgan fingerprint density at radius 3 is 2.64 bits per heavy atom. The van der Waals surface area contributed by atoms with Crippen molar-refractivity contribution in [1.82, 2.24) is 5.32 Å². The van der Waals surface area contributed by atoms with E-state index in [-0.39, 0.29) is 36.1 Å². The van der Waals surface area contributed by atoms with Gasteiger partial charge in [0.2, 0.25) is 5.91 Å². The van der Waals surface area contributed by atoms with E-state index in [0.29, 0.717) is 42.8 Å². The molecule has 0 bridgehead atoms. The monoisotopic (exact) mass is 488 g/mol. The molecule has 2 N–H and O–H groups in total. The summed E-state index contributed by atoms with van der Waals surface area (Å²) < 4.78 is 34.1. The van der Waals surface area contributed by atoms with E-state index in [0.717, 1.165) is 11.1 Å². The van der Waals surface area contributed by atoms with Crippen LogP contribution >= 0.6 is 0 Å². The van der Waals surface area contributed by atoms with Crippen molar-refractivity contribution in [2.24, 2.45) is 0 Å². The Morgan fingerprint density at radius 1 is 1.14 bits per heavy atom. The third-order valence-corrected chi connectivity index (χ3v) is 6.36. The summed E-state index contributed by atoms with van der Waals surface area (Å²) in [6.07, 6.45) is 0.989. The smallest absolute Gasteiger partial charge is 0.225 e. The minimum atomic E-state index is -0.409. The zero-order valence-electron chi connectivity index (χ0n) is 19.8. The van der Waals surface area contributed by atoms with Gasteiger partial charge in [0, 0.05) is 36.2 Å². The van der Waals surface area contributed by atoms with Crippen molar-refractivity contribution >= 4 is 11.6 Å². The summed E-state index contributed by atoms with van der Waals surface area (Å²) in [6.45, 7) is 5.06. The minimum Gasteiger partial charge on any atom is -0.375 e. The van der Waals surface area contributed by atoms with Gasteiger partial charge in [0.15, 0.2) is 0 Å². The summed E-state index contributed by atoms with van der Waals surface area (Å²) in [7, 11) is 0. The fraction of sp³-hybridized carbons (Fsp3) is 0.276. The van der Waals surface area contributed by atoms with Crippen LogP contribution in [-0.2, 0) is 16.0 Å². The molecular weight excluding hydrogens is 460 g/mol. The van der Waals surface area contributed by atoms with Crippen LogP contribution in [0.1, 0.15) is 41.0 Å². The molecule has 1 saturated heterocycles. The first-order valence-electron chi connectivity index (χ1n) is 11.9. The molecule has 0 spiro atoms. The van der Waals surface area contributed by atoms with E-state index in [1.807, 2.05) is 6.07 Å². The Hall–Kier alpha value is -3.60. The zero-order valence-corrected chi connectivity index (χ0v) is 19.8. The normalized spacial score (nSPS) is 18.3. The van der Waals surface area contributed by atoms with Crippen molar-refractivity contribution in [3.8, 4) is 6.07 Å². The third-order valence-electron chi connectivity index (χ3n) is 6.36. The molecule has 0 aromatic heterocycles. The number of halogens is 2. The summed E-state index contributed by atoms with van der Waals surface area (Å²) >= 11 is 0. The van der Waals surface area contributed by atoms with E-state index < -0.39 is 5.92 Å². The Morgan fingerprint density at radius 2 is 1.92 bits per heavy atom. The highest BCUT2D eigenvalue weighted by Gasteiger charge is 2.22. The summed E-state index contributed by atoms with van der Waals surface area (Å²) in [4.78, 5) is 13.2. The van der Waals surface area contributed by atoms with Gasteiger partial charge in [-0.3, -0.25) is 4.79 Å². The lowest BCUT2D eigenvalue weighted by Crippen LogP contribution is -2.45. The second-order valence-electron chi connectivity index (χ2n) is 8.96. The van der Waals surface area contributed by atoms with Gasteiger partial charge >= 0.3 is 0 Å². The highest BCUT2D eigenvalue weighted by molar-refractivity contribution is 5.92. The number of amides is 1. The van der Waals surface area contributed by atoms with Gasteiger partial charge in [-0.2, -0.15) is 5.26 Å². The molecular formula is C29H28F2N3O2. The first kappa shape index (κ1) is 25.5. The van der Waals surface area contributed by atoms with Crippen LogP contribution in [0.4, 0.5) is 14.5 Å². The highest BCUT2D eigenvalue weighted by Crippen LogP contribution is 2.30. The van der Waals surface area contributed by atoms with Gasteiger partial charge in [-0.05, 0) is 67.3 Å². The number of benzene rings is 3. The van der Waals surface area contributed by atoms with Crippen LogP contribution in [0.3, 0.4) is 0 Å². The minimum absolute atomic E-state index is 0.0387. The van der Waals surface area contributed by atoms with Crippen LogP contribution in [0.15, 0.2) is 66.7 Å². The molecule has 0 saturated carbocycles. The number of hydrogen-bond donors (Lipinski definition) is 2. The van der Waals surface area contributed by atoms with Crippen LogP contribution in [0.5, 0.6) is 0 Å². The van der Waals surface area contributed by atoms with Gasteiger partial charge in [-0.1, -0.05) is 30.3 Å². The number of rotatable bonds is 8. The number of hydrogen-bond acceptors (Lipinski definition) is 4. The molecule has 185 valence electrons. The molecule has 1 radical (unpaired) electrons. The lowest BCUT2D eigenvalue weighted by Gasteiger charge is -2.28. The summed E-state index contributed by atoms with van der Waals surface area (Å²) in [5.74, 6) is -1.48. The number of nitrogens with zero attached hydrogens (tertiary/aromatic N) is 1. The molecule has 5 nitrogen and oxygen atoms in total. The van der Waals surface area contributed by atoms with Gasteiger partial charge in [0.1, 0.15) is 11.6 Å².